The molecule has 0 unspecified atom stereocenters. The number of hydrogen-bond donors (Lipinski definition) is 1. The van der Waals surface area contributed by atoms with Crippen LogP contribution < -0.4 is 5.32 Å². The molecule has 1 heterocycles. The van der Waals surface area contributed by atoms with Gasteiger partial charge in [-0.2, -0.15) is 5.10 Å². The first-order chi connectivity index (χ1) is 7.75. The van der Waals surface area contributed by atoms with E-state index in [9.17, 15) is 0 Å². The number of hydrogen-bond acceptors (Lipinski definition) is 3. The number of nitrogens with one attached hydrogen (secondary N) is 1. The number of rotatable bonds is 7. The first-order valence-electron chi connectivity index (χ1n) is 6.14. The van der Waals surface area contributed by atoms with E-state index in [0.29, 0.717) is 0 Å². The molecule has 1 aromatic rings. The lowest BCUT2D eigenvalue weighted by Gasteiger charge is -2.16. The van der Waals surface area contributed by atoms with Crippen molar-refractivity contribution in [3.63, 3.8) is 0 Å². The summed E-state index contributed by atoms with van der Waals surface area (Å²) in [4.78, 5) is 2.38. The molecule has 2 rings (SSSR count). The van der Waals surface area contributed by atoms with E-state index in [1.807, 2.05) is 17.9 Å². The van der Waals surface area contributed by atoms with Crippen molar-refractivity contribution in [2.24, 2.45) is 7.05 Å². The molecule has 4 nitrogen and oxygen atoms in total. The quantitative estimate of drug-likeness (QED) is 0.735. The molecule has 1 saturated carbocycles. The van der Waals surface area contributed by atoms with Crippen LogP contribution in [-0.4, -0.2) is 47.4 Å². The molecule has 0 radical (unpaired) electrons. The average Bonchev–Trinajstić information content (AvgIpc) is 2.99. The molecule has 0 atom stereocenters. The predicted molar refractivity (Wildman–Crippen MR) is 65.4 cm³/mol. The number of aryl methyl sites for hydroxylation is 1. The molecule has 4 heteroatoms. The molecule has 0 amide bonds. The van der Waals surface area contributed by atoms with E-state index in [0.717, 1.165) is 32.1 Å². The molecule has 1 aromatic heterocycles. The second-order valence-electron chi connectivity index (χ2n) is 4.73. The van der Waals surface area contributed by atoms with Crippen LogP contribution in [0.4, 0.5) is 0 Å². The molecule has 1 N–H and O–H groups in total. The van der Waals surface area contributed by atoms with E-state index in [-0.39, 0.29) is 0 Å². The first-order valence-corrected chi connectivity index (χ1v) is 6.14. The van der Waals surface area contributed by atoms with Crippen molar-refractivity contribution in [3.8, 4) is 0 Å². The minimum absolute atomic E-state index is 0.825. The Morgan fingerprint density at radius 3 is 2.94 bits per heavy atom. The average molecular weight is 222 g/mol. The van der Waals surface area contributed by atoms with Gasteiger partial charge in [-0.05, 0) is 26.0 Å². The van der Waals surface area contributed by atoms with Crippen molar-refractivity contribution >= 4 is 0 Å². The van der Waals surface area contributed by atoms with Gasteiger partial charge in [0.2, 0.25) is 0 Å². The van der Waals surface area contributed by atoms with Gasteiger partial charge in [0.05, 0.1) is 0 Å². The highest BCUT2D eigenvalue weighted by Gasteiger charge is 2.19. The van der Waals surface area contributed by atoms with Crippen LogP contribution in [0, 0.1) is 0 Å². The van der Waals surface area contributed by atoms with E-state index in [1.165, 1.54) is 18.5 Å². The van der Waals surface area contributed by atoms with Gasteiger partial charge in [-0.15, -0.1) is 0 Å². The van der Waals surface area contributed by atoms with Gasteiger partial charge < -0.3 is 10.2 Å². The van der Waals surface area contributed by atoms with Crippen LogP contribution in [0.25, 0.3) is 0 Å². The summed E-state index contributed by atoms with van der Waals surface area (Å²) in [6.45, 7) is 3.35. The van der Waals surface area contributed by atoms with Gasteiger partial charge in [0.1, 0.15) is 0 Å². The minimum atomic E-state index is 0.825. The first kappa shape index (κ1) is 11.6. The molecular weight excluding hydrogens is 200 g/mol. The Morgan fingerprint density at radius 1 is 1.50 bits per heavy atom. The fourth-order valence-electron chi connectivity index (χ4n) is 1.81. The second-order valence-corrected chi connectivity index (χ2v) is 4.73. The molecule has 0 aromatic carbocycles. The lowest BCUT2D eigenvalue weighted by Crippen LogP contribution is -2.31. The number of aromatic nitrogens is 2. The predicted octanol–water partition coefficient (Wildman–Crippen LogP) is 0.646. The van der Waals surface area contributed by atoms with Crippen molar-refractivity contribution in [2.75, 3.05) is 26.7 Å². The van der Waals surface area contributed by atoms with Crippen LogP contribution >= 0.6 is 0 Å². The van der Waals surface area contributed by atoms with Gasteiger partial charge in [-0.1, -0.05) is 0 Å². The number of nitrogens with zero attached hydrogens (tertiary/aromatic N) is 3. The van der Waals surface area contributed by atoms with Gasteiger partial charge in [-0.25, -0.2) is 0 Å². The highest BCUT2D eigenvalue weighted by Crippen LogP contribution is 2.17. The molecule has 0 saturated heterocycles. The van der Waals surface area contributed by atoms with Crippen LogP contribution in [0.5, 0.6) is 0 Å². The van der Waals surface area contributed by atoms with Gasteiger partial charge in [0, 0.05) is 51.0 Å². The Bertz CT molecular complexity index is 317. The van der Waals surface area contributed by atoms with Crippen LogP contribution in [0.3, 0.4) is 0 Å². The SMILES string of the molecule is CN(CCNC1CC1)CCc1ccnn1C. The van der Waals surface area contributed by atoms with Crippen LogP contribution in [0.2, 0.25) is 0 Å². The summed E-state index contributed by atoms with van der Waals surface area (Å²) in [5, 5.41) is 7.71. The van der Waals surface area contributed by atoms with Crippen molar-refractivity contribution in [2.45, 2.75) is 25.3 Å². The third-order valence-corrected chi connectivity index (χ3v) is 3.18. The van der Waals surface area contributed by atoms with Gasteiger partial charge >= 0.3 is 0 Å². The summed E-state index contributed by atoms with van der Waals surface area (Å²) in [6.07, 6.45) is 5.69. The van der Waals surface area contributed by atoms with E-state index in [2.05, 4.69) is 28.4 Å². The van der Waals surface area contributed by atoms with E-state index < -0.39 is 0 Å². The monoisotopic (exact) mass is 222 g/mol. The molecule has 1 fully saturated rings. The van der Waals surface area contributed by atoms with Gasteiger partial charge in [0.25, 0.3) is 0 Å². The lowest BCUT2D eigenvalue weighted by atomic mass is 10.3. The van der Waals surface area contributed by atoms with Crippen LogP contribution in [0.15, 0.2) is 12.3 Å². The summed E-state index contributed by atoms with van der Waals surface area (Å²) in [5.74, 6) is 0. The maximum absolute atomic E-state index is 4.17. The highest BCUT2D eigenvalue weighted by atomic mass is 15.3. The van der Waals surface area contributed by atoms with Crippen molar-refractivity contribution in [1.29, 1.82) is 0 Å². The van der Waals surface area contributed by atoms with Crippen LogP contribution in [-0.2, 0) is 13.5 Å². The summed E-state index contributed by atoms with van der Waals surface area (Å²) in [5.41, 5.74) is 1.31. The third-order valence-electron chi connectivity index (χ3n) is 3.18. The molecule has 1 aliphatic rings. The maximum Gasteiger partial charge on any atom is 0.0492 e. The zero-order chi connectivity index (χ0) is 11.4. The number of likely N-dealkylation sites (N-methyl/N-ethyl adjacent to an activating group) is 1. The van der Waals surface area contributed by atoms with E-state index in [1.54, 1.807) is 0 Å². The Kier molecular flexibility index (Phi) is 3.96. The maximum atomic E-state index is 4.17. The zero-order valence-corrected chi connectivity index (χ0v) is 10.3. The van der Waals surface area contributed by atoms with Crippen molar-refractivity contribution < 1.29 is 0 Å². The summed E-state index contributed by atoms with van der Waals surface area (Å²) in [7, 11) is 4.19. The fourth-order valence-corrected chi connectivity index (χ4v) is 1.81. The smallest absolute Gasteiger partial charge is 0.0492 e. The molecule has 90 valence electrons. The zero-order valence-electron chi connectivity index (χ0n) is 10.3. The second kappa shape index (κ2) is 5.46. The molecule has 0 spiro atoms. The van der Waals surface area contributed by atoms with E-state index >= 15 is 0 Å². The Labute approximate surface area is 97.6 Å². The fraction of sp³-hybridized carbons (Fsp3) is 0.750. The topological polar surface area (TPSA) is 33.1 Å². The van der Waals surface area contributed by atoms with Gasteiger partial charge in [0.15, 0.2) is 0 Å². The van der Waals surface area contributed by atoms with E-state index in [4.69, 9.17) is 0 Å². The third kappa shape index (κ3) is 3.61. The Hall–Kier alpha value is -0.870. The van der Waals surface area contributed by atoms with Crippen molar-refractivity contribution in [1.82, 2.24) is 20.0 Å². The molecular formula is C12H22N4. The molecule has 1 aliphatic carbocycles. The Morgan fingerprint density at radius 2 is 2.31 bits per heavy atom. The van der Waals surface area contributed by atoms with Gasteiger partial charge in [-0.3, -0.25) is 4.68 Å². The summed E-state index contributed by atoms with van der Waals surface area (Å²) >= 11 is 0. The standard InChI is InChI=1S/C12H22N4/c1-15(10-8-13-11-3-4-11)9-6-12-5-7-14-16(12)2/h5,7,11,13H,3-4,6,8-10H2,1-2H3. The van der Waals surface area contributed by atoms with Crippen LogP contribution in [0.1, 0.15) is 18.5 Å². The molecule has 0 aliphatic heterocycles. The summed E-state index contributed by atoms with van der Waals surface area (Å²) in [6, 6.07) is 2.92. The largest absolute Gasteiger partial charge is 0.313 e. The molecule has 16 heavy (non-hydrogen) atoms. The normalized spacial score (nSPS) is 15.9. The molecule has 0 bridgehead atoms. The minimum Gasteiger partial charge on any atom is -0.313 e. The highest BCUT2D eigenvalue weighted by molar-refractivity contribution is 5.00. The Balaban J connectivity index is 1.59. The lowest BCUT2D eigenvalue weighted by molar-refractivity contribution is 0.332. The summed E-state index contributed by atoms with van der Waals surface area (Å²) < 4.78 is 1.95. The van der Waals surface area contributed by atoms with Crippen molar-refractivity contribution in [3.05, 3.63) is 18.0 Å².